The van der Waals surface area contributed by atoms with Crippen molar-refractivity contribution in [2.24, 2.45) is 0 Å². The van der Waals surface area contributed by atoms with E-state index in [1.54, 1.807) is 0 Å². The third kappa shape index (κ3) is 5.27. The molecule has 0 aliphatic carbocycles. The summed E-state index contributed by atoms with van der Waals surface area (Å²) >= 11 is 0. The number of ether oxygens (including phenoxy) is 1. The molecule has 1 aromatic heterocycles. The summed E-state index contributed by atoms with van der Waals surface area (Å²) in [6.07, 6.45) is 2.48. The number of aromatic nitrogens is 2. The van der Waals surface area contributed by atoms with Crippen molar-refractivity contribution in [3.05, 3.63) is 89.2 Å². The number of fused-ring (bicyclic) bond motifs is 1. The van der Waals surface area contributed by atoms with Crippen LogP contribution in [0.25, 0.3) is 11.0 Å². The van der Waals surface area contributed by atoms with Crippen LogP contribution in [0.3, 0.4) is 0 Å². The molecule has 4 aromatic rings. The molecule has 37 heavy (non-hydrogen) atoms. The van der Waals surface area contributed by atoms with Gasteiger partial charge in [0.25, 0.3) is 0 Å². The normalized spacial score (nSPS) is 16.5. The zero-order valence-corrected chi connectivity index (χ0v) is 22.4. The van der Waals surface area contributed by atoms with Crippen molar-refractivity contribution >= 4 is 22.6 Å². The van der Waals surface area contributed by atoms with Gasteiger partial charge in [-0.2, -0.15) is 0 Å². The fourth-order valence-corrected chi connectivity index (χ4v) is 5.31. The van der Waals surface area contributed by atoms with Gasteiger partial charge < -0.3 is 14.2 Å². The molecule has 0 radical (unpaired) electrons. The number of amides is 1. The molecule has 0 spiro atoms. The minimum Gasteiger partial charge on any atom is -0.494 e. The van der Waals surface area contributed by atoms with Gasteiger partial charge in [-0.3, -0.25) is 4.79 Å². The van der Waals surface area contributed by atoms with Crippen LogP contribution in [0.4, 0.5) is 5.69 Å². The molecule has 192 valence electrons. The van der Waals surface area contributed by atoms with E-state index in [0.717, 1.165) is 53.2 Å². The molecule has 1 aliphatic heterocycles. The van der Waals surface area contributed by atoms with Gasteiger partial charge >= 0.3 is 0 Å². The lowest BCUT2D eigenvalue weighted by Crippen LogP contribution is -2.25. The maximum absolute atomic E-state index is 13.1. The molecule has 0 N–H and O–H groups in total. The quantitative estimate of drug-likeness (QED) is 0.232. The Morgan fingerprint density at radius 3 is 2.62 bits per heavy atom. The van der Waals surface area contributed by atoms with Crippen molar-refractivity contribution in [2.45, 2.75) is 65.3 Å². The molecule has 1 aliphatic rings. The second kappa shape index (κ2) is 10.8. The van der Waals surface area contributed by atoms with Crippen LogP contribution in [0.1, 0.15) is 67.5 Å². The van der Waals surface area contributed by atoms with Crippen molar-refractivity contribution in [2.75, 3.05) is 18.1 Å². The maximum Gasteiger partial charge on any atom is 0.227 e. The average Bonchev–Trinajstić information content (AvgIpc) is 3.48. The molecular weight excluding hydrogens is 458 g/mol. The van der Waals surface area contributed by atoms with Crippen molar-refractivity contribution < 1.29 is 9.53 Å². The zero-order valence-electron chi connectivity index (χ0n) is 22.4. The highest BCUT2D eigenvalue weighted by Gasteiger charge is 2.35. The van der Waals surface area contributed by atoms with Gasteiger partial charge in [0.2, 0.25) is 5.91 Å². The SMILES string of the molecule is CCC(C)c1ccc(OCCCn2c(C3CC(=O)N(c4cc(C)ccc4C)C3)nc3ccccc32)cc1. The van der Waals surface area contributed by atoms with E-state index >= 15 is 0 Å². The highest BCUT2D eigenvalue weighted by Crippen LogP contribution is 2.35. The Morgan fingerprint density at radius 2 is 1.84 bits per heavy atom. The minimum absolute atomic E-state index is 0.0637. The predicted molar refractivity (Wildman–Crippen MR) is 151 cm³/mol. The van der Waals surface area contributed by atoms with Crippen LogP contribution >= 0.6 is 0 Å². The van der Waals surface area contributed by atoms with Crippen LogP contribution in [0.15, 0.2) is 66.7 Å². The van der Waals surface area contributed by atoms with E-state index < -0.39 is 0 Å². The summed E-state index contributed by atoms with van der Waals surface area (Å²) in [6.45, 7) is 10.7. The fourth-order valence-electron chi connectivity index (χ4n) is 5.31. The van der Waals surface area contributed by atoms with Gasteiger partial charge in [0.1, 0.15) is 11.6 Å². The number of anilines is 1. The first-order valence-electron chi connectivity index (χ1n) is 13.5. The van der Waals surface area contributed by atoms with E-state index in [4.69, 9.17) is 9.72 Å². The van der Waals surface area contributed by atoms with Gasteiger partial charge in [0.15, 0.2) is 0 Å². The lowest BCUT2D eigenvalue weighted by Gasteiger charge is -2.20. The molecule has 2 atom stereocenters. The van der Waals surface area contributed by atoms with E-state index in [1.807, 2.05) is 11.0 Å². The van der Waals surface area contributed by atoms with Crippen molar-refractivity contribution in [3.8, 4) is 5.75 Å². The molecule has 0 bridgehead atoms. The van der Waals surface area contributed by atoms with Gasteiger partial charge in [0, 0.05) is 31.1 Å². The second-order valence-corrected chi connectivity index (χ2v) is 10.4. The van der Waals surface area contributed by atoms with Gasteiger partial charge in [-0.15, -0.1) is 0 Å². The second-order valence-electron chi connectivity index (χ2n) is 10.4. The smallest absolute Gasteiger partial charge is 0.227 e. The first-order chi connectivity index (χ1) is 17.9. The number of benzene rings is 3. The van der Waals surface area contributed by atoms with Crippen molar-refractivity contribution in [1.29, 1.82) is 0 Å². The molecular formula is C32H37N3O2. The lowest BCUT2D eigenvalue weighted by atomic mass is 9.99. The Balaban J connectivity index is 1.30. The molecule has 5 heteroatoms. The summed E-state index contributed by atoms with van der Waals surface area (Å²) in [4.78, 5) is 20.1. The van der Waals surface area contributed by atoms with Crippen LogP contribution in [0.5, 0.6) is 5.75 Å². The Labute approximate surface area is 220 Å². The zero-order chi connectivity index (χ0) is 25.9. The number of aryl methyl sites for hydroxylation is 3. The molecule has 2 heterocycles. The first-order valence-corrected chi connectivity index (χ1v) is 13.5. The van der Waals surface area contributed by atoms with Crippen LogP contribution < -0.4 is 9.64 Å². The maximum atomic E-state index is 13.1. The van der Waals surface area contributed by atoms with Crippen molar-refractivity contribution in [1.82, 2.24) is 9.55 Å². The molecule has 2 unspecified atom stereocenters. The number of carbonyl (C=O) groups excluding carboxylic acids is 1. The van der Waals surface area contributed by atoms with E-state index in [9.17, 15) is 4.79 Å². The Morgan fingerprint density at radius 1 is 1.05 bits per heavy atom. The van der Waals surface area contributed by atoms with E-state index in [-0.39, 0.29) is 11.8 Å². The summed E-state index contributed by atoms with van der Waals surface area (Å²) in [7, 11) is 0. The van der Waals surface area contributed by atoms with Crippen LogP contribution in [-0.2, 0) is 11.3 Å². The van der Waals surface area contributed by atoms with E-state index in [0.29, 0.717) is 25.5 Å². The molecule has 5 rings (SSSR count). The van der Waals surface area contributed by atoms with E-state index in [2.05, 4.69) is 92.9 Å². The van der Waals surface area contributed by atoms with Crippen LogP contribution in [0.2, 0.25) is 0 Å². The van der Waals surface area contributed by atoms with Gasteiger partial charge in [-0.1, -0.05) is 50.2 Å². The first kappa shape index (κ1) is 25.1. The predicted octanol–water partition coefficient (Wildman–Crippen LogP) is 7.16. The third-order valence-electron chi connectivity index (χ3n) is 7.69. The number of para-hydroxylation sites is 2. The number of hydrogen-bond acceptors (Lipinski definition) is 3. The Hall–Kier alpha value is -3.60. The van der Waals surface area contributed by atoms with Crippen LogP contribution in [-0.4, -0.2) is 28.6 Å². The molecule has 1 amide bonds. The van der Waals surface area contributed by atoms with Crippen LogP contribution in [0, 0.1) is 13.8 Å². The number of nitrogens with zero attached hydrogens (tertiary/aromatic N) is 3. The number of carbonyl (C=O) groups is 1. The molecule has 0 saturated carbocycles. The summed E-state index contributed by atoms with van der Waals surface area (Å²) in [5, 5.41) is 0. The largest absolute Gasteiger partial charge is 0.494 e. The molecule has 1 saturated heterocycles. The minimum atomic E-state index is 0.0637. The summed E-state index contributed by atoms with van der Waals surface area (Å²) in [5.74, 6) is 2.71. The topological polar surface area (TPSA) is 47.4 Å². The van der Waals surface area contributed by atoms with Gasteiger partial charge in [-0.05, 0) is 79.6 Å². The molecule has 5 nitrogen and oxygen atoms in total. The Kier molecular flexibility index (Phi) is 7.31. The van der Waals surface area contributed by atoms with Crippen molar-refractivity contribution in [3.63, 3.8) is 0 Å². The highest BCUT2D eigenvalue weighted by molar-refractivity contribution is 5.97. The fraction of sp³-hybridized carbons (Fsp3) is 0.375. The van der Waals surface area contributed by atoms with Gasteiger partial charge in [0.05, 0.1) is 17.6 Å². The highest BCUT2D eigenvalue weighted by atomic mass is 16.5. The lowest BCUT2D eigenvalue weighted by molar-refractivity contribution is -0.117. The monoisotopic (exact) mass is 495 g/mol. The number of rotatable bonds is 9. The standard InChI is InChI=1S/C32H37N3O2/c1-5-23(3)25-13-15-27(16-14-25)37-18-8-17-34-29-10-7-6-9-28(29)33-32(34)26-20-31(36)35(21-26)30-19-22(2)11-12-24(30)4/h6-7,9-16,19,23,26H,5,8,17-18,20-21H2,1-4H3. The number of hydrogen-bond donors (Lipinski definition) is 0. The third-order valence-corrected chi connectivity index (χ3v) is 7.69. The number of imidazole rings is 1. The average molecular weight is 496 g/mol. The molecule has 1 fully saturated rings. The summed E-state index contributed by atoms with van der Waals surface area (Å²) in [6, 6.07) is 23.1. The van der Waals surface area contributed by atoms with E-state index in [1.165, 1.54) is 11.1 Å². The Bertz CT molecular complexity index is 1390. The summed E-state index contributed by atoms with van der Waals surface area (Å²) in [5.41, 5.74) is 6.76. The van der Waals surface area contributed by atoms with Gasteiger partial charge in [-0.25, -0.2) is 4.98 Å². The molecule has 3 aromatic carbocycles. The summed E-state index contributed by atoms with van der Waals surface area (Å²) < 4.78 is 8.37.